The Labute approximate surface area is 107 Å². The molecule has 0 fully saturated rings. The fraction of sp³-hybridized carbons (Fsp3) is 0.462. The van der Waals surface area contributed by atoms with Crippen molar-refractivity contribution in [3.8, 4) is 0 Å². The minimum Gasteiger partial charge on any atom is -0.478 e. The highest BCUT2D eigenvalue weighted by Gasteiger charge is 2.19. The number of benzene rings is 1. The van der Waals surface area contributed by atoms with Gasteiger partial charge in [-0.3, -0.25) is 0 Å². The molecule has 0 radical (unpaired) electrons. The number of rotatable bonds is 5. The highest BCUT2D eigenvalue weighted by molar-refractivity contribution is 6.34. The lowest BCUT2D eigenvalue weighted by atomic mass is 10.1. The molecular formula is C13H18ClNO2. The van der Waals surface area contributed by atoms with E-state index in [1.807, 2.05) is 11.9 Å². The monoisotopic (exact) mass is 255 g/mol. The fourth-order valence-corrected chi connectivity index (χ4v) is 2.12. The molecule has 3 nitrogen and oxygen atoms in total. The predicted molar refractivity (Wildman–Crippen MR) is 71.2 cm³/mol. The van der Waals surface area contributed by atoms with Gasteiger partial charge in [0, 0.05) is 13.1 Å². The lowest BCUT2D eigenvalue weighted by Crippen LogP contribution is -2.30. The smallest absolute Gasteiger partial charge is 0.339 e. The fourth-order valence-electron chi connectivity index (χ4n) is 1.87. The molecule has 0 heterocycles. The highest BCUT2D eigenvalue weighted by Crippen LogP contribution is 2.28. The zero-order valence-corrected chi connectivity index (χ0v) is 11.2. The van der Waals surface area contributed by atoms with E-state index in [0.717, 1.165) is 12.8 Å². The molecule has 1 atom stereocenters. The molecule has 4 heteroatoms. The molecule has 1 aromatic rings. The first-order valence-electron chi connectivity index (χ1n) is 5.73. The van der Waals surface area contributed by atoms with Crippen LogP contribution in [0.2, 0.25) is 5.02 Å². The zero-order valence-electron chi connectivity index (χ0n) is 10.4. The number of carboxylic acid groups (broad SMARTS) is 1. The molecule has 94 valence electrons. The van der Waals surface area contributed by atoms with E-state index in [9.17, 15) is 9.90 Å². The molecule has 0 saturated carbocycles. The summed E-state index contributed by atoms with van der Waals surface area (Å²) in [5.74, 6) is -0.985. The Hall–Kier alpha value is -1.22. The van der Waals surface area contributed by atoms with E-state index in [1.54, 1.807) is 18.2 Å². The topological polar surface area (TPSA) is 40.5 Å². The van der Waals surface area contributed by atoms with Crippen molar-refractivity contribution in [2.24, 2.45) is 0 Å². The van der Waals surface area contributed by atoms with Crippen LogP contribution in [0.25, 0.3) is 0 Å². The first-order valence-corrected chi connectivity index (χ1v) is 6.11. The van der Waals surface area contributed by atoms with E-state index in [4.69, 9.17) is 11.6 Å². The minimum atomic E-state index is -0.985. The molecule has 0 aromatic heterocycles. The van der Waals surface area contributed by atoms with Crippen molar-refractivity contribution in [2.45, 2.75) is 32.7 Å². The summed E-state index contributed by atoms with van der Waals surface area (Å²) in [6.07, 6.45) is 2.08. The number of nitrogens with zero attached hydrogens (tertiary/aromatic N) is 1. The third kappa shape index (κ3) is 3.13. The van der Waals surface area contributed by atoms with Gasteiger partial charge >= 0.3 is 5.97 Å². The van der Waals surface area contributed by atoms with Crippen LogP contribution in [0.5, 0.6) is 0 Å². The Morgan fingerprint density at radius 3 is 2.71 bits per heavy atom. The average molecular weight is 256 g/mol. The van der Waals surface area contributed by atoms with Gasteiger partial charge in [-0.15, -0.1) is 0 Å². The van der Waals surface area contributed by atoms with Crippen molar-refractivity contribution in [1.29, 1.82) is 0 Å². The predicted octanol–water partition coefficient (Wildman–Crippen LogP) is 3.66. The average Bonchev–Trinajstić information content (AvgIpc) is 2.27. The Morgan fingerprint density at radius 1 is 1.53 bits per heavy atom. The van der Waals surface area contributed by atoms with E-state index in [2.05, 4.69) is 13.8 Å². The van der Waals surface area contributed by atoms with Crippen LogP contribution in [0.1, 0.15) is 37.0 Å². The van der Waals surface area contributed by atoms with Crippen LogP contribution < -0.4 is 4.90 Å². The number of hydrogen-bond acceptors (Lipinski definition) is 2. The van der Waals surface area contributed by atoms with Gasteiger partial charge in [-0.05, 0) is 25.5 Å². The Kier molecular flexibility index (Phi) is 4.82. The van der Waals surface area contributed by atoms with Gasteiger partial charge in [0.15, 0.2) is 0 Å². The SMILES string of the molecule is CCCC(C)N(C)c1cccc(Cl)c1C(=O)O. The molecule has 0 amide bonds. The minimum absolute atomic E-state index is 0.180. The van der Waals surface area contributed by atoms with Gasteiger partial charge in [-0.1, -0.05) is 31.0 Å². The van der Waals surface area contributed by atoms with Gasteiger partial charge in [-0.2, -0.15) is 0 Å². The summed E-state index contributed by atoms with van der Waals surface area (Å²) in [5.41, 5.74) is 0.852. The molecule has 0 aliphatic carbocycles. The number of carbonyl (C=O) groups is 1. The maximum absolute atomic E-state index is 11.2. The van der Waals surface area contributed by atoms with E-state index in [0.29, 0.717) is 5.69 Å². The molecule has 17 heavy (non-hydrogen) atoms. The largest absolute Gasteiger partial charge is 0.478 e. The van der Waals surface area contributed by atoms with Gasteiger partial charge < -0.3 is 10.0 Å². The molecule has 0 bridgehead atoms. The summed E-state index contributed by atoms with van der Waals surface area (Å²) in [6.45, 7) is 4.19. The van der Waals surface area contributed by atoms with Crippen molar-refractivity contribution in [1.82, 2.24) is 0 Å². The van der Waals surface area contributed by atoms with Crippen molar-refractivity contribution in [2.75, 3.05) is 11.9 Å². The van der Waals surface area contributed by atoms with Gasteiger partial charge in [0.1, 0.15) is 5.56 Å². The maximum atomic E-state index is 11.2. The molecule has 0 aliphatic heterocycles. The molecule has 0 aliphatic rings. The molecule has 1 aromatic carbocycles. The quantitative estimate of drug-likeness (QED) is 0.873. The number of halogens is 1. The third-order valence-electron chi connectivity index (χ3n) is 2.95. The molecule has 1 unspecified atom stereocenters. The van der Waals surface area contributed by atoms with Crippen molar-refractivity contribution in [3.63, 3.8) is 0 Å². The van der Waals surface area contributed by atoms with Crippen LogP contribution >= 0.6 is 11.6 Å². The van der Waals surface area contributed by atoms with Crippen LogP contribution in [-0.4, -0.2) is 24.2 Å². The van der Waals surface area contributed by atoms with E-state index >= 15 is 0 Å². The van der Waals surface area contributed by atoms with Gasteiger partial charge in [0.2, 0.25) is 0 Å². The normalized spacial score (nSPS) is 12.2. The second-order valence-corrected chi connectivity index (χ2v) is 4.59. The summed E-state index contributed by atoms with van der Waals surface area (Å²) in [7, 11) is 1.90. The van der Waals surface area contributed by atoms with E-state index < -0.39 is 5.97 Å². The van der Waals surface area contributed by atoms with Crippen LogP contribution in [0, 0.1) is 0 Å². The molecule has 1 N–H and O–H groups in total. The molecular weight excluding hydrogens is 238 g/mol. The van der Waals surface area contributed by atoms with Crippen LogP contribution in [0.4, 0.5) is 5.69 Å². The number of hydrogen-bond donors (Lipinski definition) is 1. The molecule has 0 saturated heterocycles. The zero-order chi connectivity index (χ0) is 13.0. The first kappa shape index (κ1) is 13.8. The Bertz CT molecular complexity index is 406. The Balaban J connectivity index is 3.13. The van der Waals surface area contributed by atoms with Crippen molar-refractivity contribution < 1.29 is 9.90 Å². The summed E-state index contributed by atoms with van der Waals surface area (Å²) in [4.78, 5) is 13.2. The Morgan fingerprint density at radius 2 is 2.18 bits per heavy atom. The van der Waals surface area contributed by atoms with Crippen molar-refractivity contribution >= 4 is 23.3 Å². The van der Waals surface area contributed by atoms with E-state index in [-0.39, 0.29) is 16.6 Å². The third-order valence-corrected chi connectivity index (χ3v) is 3.27. The summed E-state index contributed by atoms with van der Waals surface area (Å²) in [5, 5.41) is 9.48. The van der Waals surface area contributed by atoms with Crippen molar-refractivity contribution in [3.05, 3.63) is 28.8 Å². The van der Waals surface area contributed by atoms with Crippen LogP contribution in [0.15, 0.2) is 18.2 Å². The molecule has 0 spiro atoms. The lowest BCUT2D eigenvalue weighted by molar-refractivity contribution is 0.0697. The summed E-state index contributed by atoms with van der Waals surface area (Å²) >= 11 is 5.94. The van der Waals surface area contributed by atoms with Crippen LogP contribution in [0.3, 0.4) is 0 Å². The number of aromatic carboxylic acids is 1. The van der Waals surface area contributed by atoms with Gasteiger partial charge in [-0.25, -0.2) is 4.79 Å². The highest BCUT2D eigenvalue weighted by atomic mass is 35.5. The second kappa shape index (κ2) is 5.92. The lowest BCUT2D eigenvalue weighted by Gasteiger charge is -2.28. The standard InChI is InChI=1S/C13H18ClNO2/c1-4-6-9(2)15(3)11-8-5-7-10(14)12(11)13(16)17/h5,7-9H,4,6H2,1-3H3,(H,16,17). The summed E-state index contributed by atoms with van der Waals surface area (Å²) < 4.78 is 0. The van der Waals surface area contributed by atoms with E-state index in [1.165, 1.54) is 0 Å². The number of carboxylic acids is 1. The first-order chi connectivity index (χ1) is 7.99. The van der Waals surface area contributed by atoms with Crippen LogP contribution in [-0.2, 0) is 0 Å². The molecule has 1 rings (SSSR count). The van der Waals surface area contributed by atoms with Gasteiger partial charge in [0.25, 0.3) is 0 Å². The maximum Gasteiger partial charge on any atom is 0.339 e. The summed E-state index contributed by atoms with van der Waals surface area (Å²) in [6, 6.07) is 5.46. The number of anilines is 1. The van der Waals surface area contributed by atoms with Gasteiger partial charge in [0.05, 0.1) is 10.7 Å². The second-order valence-electron chi connectivity index (χ2n) is 4.19.